The molecule has 2 atom stereocenters. The molecule has 0 aromatic heterocycles. The van der Waals surface area contributed by atoms with Crippen LogP contribution in [0.25, 0.3) is 0 Å². The van der Waals surface area contributed by atoms with Gasteiger partial charge >= 0.3 is 0 Å². The maximum atomic E-state index is 12.7. The van der Waals surface area contributed by atoms with Crippen molar-refractivity contribution in [2.24, 2.45) is 0 Å². The fraction of sp³-hybridized carbons (Fsp3) is 0.611. The number of hydrogen-bond donors (Lipinski definition) is 1. The van der Waals surface area contributed by atoms with E-state index < -0.39 is 0 Å². The summed E-state index contributed by atoms with van der Waals surface area (Å²) in [5, 5.41) is 3.40. The smallest absolute Gasteiger partial charge is 0.237 e. The molecule has 0 aliphatic carbocycles. The van der Waals surface area contributed by atoms with Crippen molar-refractivity contribution in [1.82, 2.24) is 15.1 Å². The van der Waals surface area contributed by atoms with Crippen molar-refractivity contribution >= 4 is 18.3 Å². The van der Waals surface area contributed by atoms with Gasteiger partial charge < -0.3 is 10.2 Å². The highest BCUT2D eigenvalue weighted by molar-refractivity contribution is 5.85. The molecule has 23 heavy (non-hydrogen) atoms. The molecule has 1 fully saturated rings. The highest BCUT2D eigenvalue weighted by Crippen LogP contribution is 2.19. The van der Waals surface area contributed by atoms with Crippen LogP contribution in [0.2, 0.25) is 0 Å². The molecule has 0 bridgehead atoms. The van der Waals surface area contributed by atoms with Crippen molar-refractivity contribution in [3.63, 3.8) is 0 Å². The molecule has 1 amide bonds. The SMILES string of the molecule is CCCN(CC(=O)N(C)C(C)c1ccccc1)C1CCNC1.Cl. The summed E-state index contributed by atoms with van der Waals surface area (Å²) in [6.45, 7) is 7.85. The molecule has 1 aliphatic heterocycles. The van der Waals surface area contributed by atoms with E-state index in [-0.39, 0.29) is 24.4 Å². The normalized spacial score (nSPS) is 18.5. The third-order valence-electron chi connectivity index (χ3n) is 4.66. The number of benzene rings is 1. The quantitative estimate of drug-likeness (QED) is 0.829. The minimum absolute atomic E-state index is 0. The van der Waals surface area contributed by atoms with Crippen molar-refractivity contribution in [2.75, 3.05) is 33.2 Å². The number of carbonyl (C=O) groups is 1. The maximum absolute atomic E-state index is 12.7. The number of amides is 1. The topological polar surface area (TPSA) is 35.6 Å². The van der Waals surface area contributed by atoms with E-state index in [9.17, 15) is 4.79 Å². The lowest BCUT2D eigenvalue weighted by atomic mass is 10.1. The second-order valence-electron chi connectivity index (χ2n) is 6.21. The summed E-state index contributed by atoms with van der Waals surface area (Å²) in [6.07, 6.45) is 2.23. The lowest BCUT2D eigenvalue weighted by Gasteiger charge is -2.31. The van der Waals surface area contributed by atoms with Crippen molar-refractivity contribution in [3.05, 3.63) is 35.9 Å². The predicted molar refractivity (Wildman–Crippen MR) is 98.0 cm³/mol. The number of halogens is 1. The Morgan fingerprint density at radius 2 is 2.04 bits per heavy atom. The Morgan fingerprint density at radius 3 is 2.61 bits per heavy atom. The van der Waals surface area contributed by atoms with Crippen LogP contribution in [0.15, 0.2) is 30.3 Å². The minimum Gasteiger partial charge on any atom is -0.338 e. The maximum Gasteiger partial charge on any atom is 0.237 e. The summed E-state index contributed by atoms with van der Waals surface area (Å²) in [5.74, 6) is 0.205. The Morgan fingerprint density at radius 1 is 1.35 bits per heavy atom. The van der Waals surface area contributed by atoms with Gasteiger partial charge in [-0.05, 0) is 38.4 Å². The van der Waals surface area contributed by atoms with Gasteiger partial charge in [0.05, 0.1) is 12.6 Å². The lowest BCUT2D eigenvalue weighted by molar-refractivity contribution is -0.133. The molecular weight excluding hydrogens is 310 g/mol. The van der Waals surface area contributed by atoms with E-state index in [1.54, 1.807) is 0 Å². The Bertz CT molecular complexity index is 463. The van der Waals surface area contributed by atoms with E-state index in [0.717, 1.165) is 32.5 Å². The molecule has 1 aromatic rings. The van der Waals surface area contributed by atoms with E-state index in [0.29, 0.717) is 12.6 Å². The van der Waals surface area contributed by atoms with Gasteiger partial charge in [0.25, 0.3) is 0 Å². The second kappa shape index (κ2) is 9.91. The fourth-order valence-corrected chi connectivity index (χ4v) is 3.09. The van der Waals surface area contributed by atoms with Crippen LogP contribution in [0.3, 0.4) is 0 Å². The van der Waals surface area contributed by atoms with Gasteiger partial charge in [0, 0.05) is 19.6 Å². The van der Waals surface area contributed by atoms with Gasteiger partial charge in [-0.1, -0.05) is 37.3 Å². The average Bonchev–Trinajstić information content (AvgIpc) is 3.08. The Hall–Kier alpha value is -1.10. The first-order valence-electron chi connectivity index (χ1n) is 8.38. The molecule has 2 unspecified atom stereocenters. The molecule has 1 aliphatic rings. The Labute approximate surface area is 146 Å². The van der Waals surface area contributed by atoms with Crippen LogP contribution in [0.1, 0.15) is 38.3 Å². The van der Waals surface area contributed by atoms with Crippen LogP contribution in [0.4, 0.5) is 0 Å². The van der Waals surface area contributed by atoms with Gasteiger partial charge in [0.15, 0.2) is 0 Å². The second-order valence-corrected chi connectivity index (χ2v) is 6.21. The summed E-state index contributed by atoms with van der Waals surface area (Å²) in [7, 11) is 1.91. The third kappa shape index (κ3) is 5.48. The zero-order chi connectivity index (χ0) is 15.9. The highest BCUT2D eigenvalue weighted by atomic mass is 35.5. The van der Waals surface area contributed by atoms with E-state index in [1.165, 1.54) is 5.56 Å². The zero-order valence-corrected chi connectivity index (χ0v) is 15.3. The number of likely N-dealkylation sites (N-methyl/N-ethyl adjacent to an activating group) is 1. The van der Waals surface area contributed by atoms with Gasteiger partial charge in [0.2, 0.25) is 5.91 Å². The highest BCUT2D eigenvalue weighted by Gasteiger charge is 2.26. The van der Waals surface area contributed by atoms with Crippen LogP contribution in [0, 0.1) is 0 Å². The number of rotatable bonds is 7. The summed E-state index contributed by atoms with van der Waals surface area (Å²) in [6, 6.07) is 10.8. The Kier molecular flexibility index (Phi) is 8.59. The Balaban J connectivity index is 0.00000264. The summed E-state index contributed by atoms with van der Waals surface area (Å²) < 4.78 is 0. The monoisotopic (exact) mass is 339 g/mol. The molecule has 1 N–H and O–H groups in total. The molecule has 0 spiro atoms. The minimum atomic E-state index is 0. The number of nitrogens with zero attached hydrogens (tertiary/aromatic N) is 2. The third-order valence-corrected chi connectivity index (χ3v) is 4.66. The molecule has 130 valence electrons. The average molecular weight is 340 g/mol. The van der Waals surface area contributed by atoms with E-state index in [4.69, 9.17) is 0 Å². The first-order valence-corrected chi connectivity index (χ1v) is 8.38. The molecule has 0 saturated carbocycles. The molecule has 5 heteroatoms. The van der Waals surface area contributed by atoms with Gasteiger partial charge in [-0.3, -0.25) is 9.69 Å². The molecule has 1 saturated heterocycles. The van der Waals surface area contributed by atoms with Crippen LogP contribution in [-0.2, 0) is 4.79 Å². The van der Waals surface area contributed by atoms with Gasteiger partial charge in [-0.25, -0.2) is 0 Å². The molecule has 1 heterocycles. The number of carbonyl (C=O) groups excluding carboxylic acids is 1. The van der Waals surface area contributed by atoms with E-state index in [2.05, 4.69) is 36.2 Å². The summed E-state index contributed by atoms with van der Waals surface area (Å²) >= 11 is 0. The summed E-state index contributed by atoms with van der Waals surface area (Å²) in [5.41, 5.74) is 1.18. The zero-order valence-electron chi connectivity index (χ0n) is 14.5. The van der Waals surface area contributed by atoms with Gasteiger partial charge in [-0.2, -0.15) is 0 Å². The molecule has 0 radical (unpaired) electrons. The van der Waals surface area contributed by atoms with Crippen molar-refractivity contribution in [3.8, 4) is 0 Å². The van der Waals surface area contributed by atoms with Gasteiger partial charge in [-0.15, -0.1) is 12.4 Å². The first-order chi connectivity index (χ1) is 10.6. The molecule has 4 nitrogen and oxygen atoms in total. The largest absolute Gasteiger partial charge is 0.338 e. The van der Waals surface area contributed by atoms with Gasteiger partial charge in [0.1, 0.15) is 0 Å². The van der Waals surface area contributed by atoms with E-state index >= 15 is 0 Å². The standard InChI is InChI=1S/C18H29N3O.ClH/c1-4-12-21(17-10-11-19-13-17)14-18(22)20(3)15(2)16-8-6-5-7-9-16;/h5-9,15,17,19H,4,10-14H2,1-3H3;1H. The molecule has 1 aromatic carbocycles. The van der Waals surface area contributed by atoms with Crippen molar-refractivity contribution < 1.29 is 4.79 Å². The first kappa shape index (κ1) is 19.9. The predicted octanol–water partition coefficient (Wildman–Crippen LogP) is 2.70. The molecule has 2 rings (SSSR count). The van der Waals surface area contributed by atoms with Crippen LogP contribution >= 0.6 is 12.4 Å². The van der Waals surface area contributed by atoms with Crippen molar-refractivity contribution in [1.29, 1.82) is 0 Å². The van der Waals surface area contributed by atoms with E-state index in [1.807, 2.05) is 30.1 Å². The lowest BCUT2D eigenvalue weighted by Crippen LogP contribution is -2.45. The molecular formula is C18H30ClN3O. The van der Waals surface area contributed by atoms with Crippen LogP contribution in [0.5, 0.6) is 0 Å². The number of nitrogens with one attached hydrogen (secondary N) is 1. The number of hydrogen-bond acceptors (Lipinski definition) is 3. The summed E-state index contributed by atoms with van der Waals surface area (Å²) in [4.78, 5) is 16.9. The van der Waals surface area contributed by atoms with Crippen molar-refractivity contribution in [2.45, 2.75) is 38.8 Å². The fourth-order valence-electron chi connectivity index (χ4n) is 3.09. The van der Waals surface area contributed by atoms with Crippen LogP contribution < -0.4 is 5.32 Å². The van der Waals surface area contributed by atoms with Crippen LogP contribution in [-0.4, -0.2) is 55.0 Å².